The minimum absolute atomic E-state index is 0.331. The number of ether oxygens (including phenoxy) is 1. The van der Waals surface area contributed by atoms with Gasteiger partial charge in [-0.1, -0.05) is 25.6 Å². The maximum Gasteiger partial charge on any atom is 0.191 e. The predicted molar refractivity (Wildman–Crippen MR) is 79.3 cm³/mol. The molecule has 0 radical (unpaired) electrons. The van der Waals surface area contributed by atoms with Crippen molar-refractivity contribution in [3.63, 3.8) is 0 Å². The lowest BCUT2D eigenvalue weighted by molar-refractivity contribution is 0.138. The molecule has 6 heteroatoms. The molecule has 0 fully saturated rings. The van der Waals surface area contributed by atoms with Crippen LogP contribution in [0.4, 0.5) is 0 Å². The molecule has 110 valence electrons. The molecule has 1 heterocycles. The first-order valence-electron chi connectivity index (χ1n) is 6.90. The van der Waals surface area contributed by atoms with Gasteiger partial charge in [-0.05, 0) is 26.2 Å². The van der Waals surface area contributed by atoms with Crippen LogP contribution >= 0.6 is 11.8 Å². The van der Waals surface area contributed by atoms with E-state index in [1.165, 1.54) is 0 Å². The molecule has 1 aromatic rings. The van der Waals surface area contributed by atoms with Crippen molar-refractivity contribution in [2.24, 2.45) is 11.7 Å². The number of thioether (sulfide) groups is 1. The topological polar surface area (TPSA) is 66.0 Å². The Morgan fingerprint density at radius 2 is 1.95 bits per heavy atom. The fraction of sp³-hybridized carbons (Fsp3) is 0.846. The van der Waals surface area contributed by atoms with Crippen molar-refractivity contribution in [1.82, 2.24) is 14.8 Å². The van der Waals surface area contributed by atoms with Crippen LogP contribution in [0.5, 0.6) is 0 Å². The maximum absolute atomic E-state index is 5.67. The highest BCUT2D eigenvalue weighted by Gasteiger charge is 2.13. The van der Waals surface area contributed by atoms with Gasteiger partial charge in [0.05, 0.1) is 13.2 Å². The molecule has 19 heavy (non-hydrogen) atoms. The Hall–Kier alpha value is -0.590. The van der Waals surface area contributed by atoms with Crippen molar-refractivity contribution < 1.29 is 4.74 Å². The highest BCUT2D eigenvalue weighted by atomic mass is 32.2. The molecule has 0 aliphatic heterocycles. The average Bonchev–Trinajstić information content (AvgIpc) is 2.76. The highest BCUT2D eigenvalue weighted by Crippen LogP contribution is 2.21. The van der Waals surface area contributed by atoms with Crippen molar-refractivity contribution in [1.29, 1.82) is 0 Å². The first-order valence-corrected chi connectivity index (χ1v) is 7.89. The number of hydrogen-bond donors (Lipinski definition) is 1. The van der Waals surface area contributed by atoms with E-state index < -0.39 is 0 Å². The Balaban J connectivity index is 2.35. The molecule has 0 amide bonds. The quantitative estimate of drug-likeness (QED) is 0.558. The molecule has 0 bridgehead atoms. The third-order valence-electron chi connectivity index (χ3n) is 2.73. The third kappa shape index (κ3) is 5.50. The molecule has 1 rings (SSSR count). The predicted octanol–water partition coefficient (Wildman–Crippen LogP) is 2.47. The third-order valence-corrected chi connectivity index (χ3v) is 3.64. The fourth-order valence-electron chi connectivity index (χ4n) is 1.68. The second-order valence-electron chi connectivity index (χ2n) is 5.21. The summed E-state index contributed by atoms with van der Waals surface area (Å²) in [6.45, 7) is 10.7. The average molecular weight is 286 g/mol. The molecular formula is C13H26N4OS. The largest absolute Gasteiger partial charge is 0.381 e. The van der Waals surface area contributed by atoms with Crippen LogP contribution in [-0.2, 0) is 11.3 Å². The smallest absolute Gasteiger partial charge is 0.191 e. The van der Waals surface area contributed by atoms with Crippen molar-refractivity contribution in [2.75, 3.05) is 19.0 Å². The Morgan fingerprint density at radius 3 is 2.53 bits per heavy atom. The summed E-state index contributed by atoms with van der Waals surface area (Å²) in [7, 11) is 0. The first kappa shape index (κ1) is 16.5. The number of nitrogens with zero attached hydrogens (tertiary/aromatic N) is 3. The van der Waals surface area contributed by atoms with Gasteiger partial charge in [0.2, 0.25) is 0 Å². The zero-order valence-corrected chi connectivity index (χ0v) is 13.2. The van der Waals surface area contributed by atoms with Crippen LogP contribution in [0.15, 0.2) is 5.16 Å². The van der Waals surface area contributed by atoms with E-state index in [9.17, 15) is 0 Å². The number of hydrogen-bond acceptors (Lipinski definition) is 5. The molecule has 1 aromatic heterocycles. The van der Waals surface area contributed by atoms with Crippen molar-refractivity contribution in [2.45, 2.75) is 51.9 Å². The number of aromatic nitrogens is 3. The van der Waals surface area contributed by atoms with E-state index in [-0.39, 0.29) is 0 Å². The van der Waals surface area contributed by atoms with Crippen LogP contribution in [0.3, 0.4) is 0 Å². The van der Waals surface area contributed by atoms with Crippen molar-refractivity contribution >= 4 is 11.8 Å². The normalized spacial score (nSPS) is 11.7. The Kier molecular flexibility index (Phi) is 7.41. The summed E-state index contributed by atoms with van der Waals surface area (Å²) in [6.07, 6.45) is 1.12. The van der Waals surface area contributed by atoms with E-state index in [1.54, 1.807) is 11.8 Å². The monoisotopic (exact) mass is 286 g/mol. The van der Waals surface area contributed by atoms with Crippen LogP contribution in [0.2, 0.25) is 0 Å². The van der Waals surface area contributed by atoms with Gasteiger partial charge in [-0.3, -0.25) is 0 Å². The molecule has 0 unspecified atom stereocenters. The standard InChI is InChI=1S/C13H26N4OS/c1-10(2)5-6-18-7-8-19-13-16-15-12(9-14)17(13)11(3)4/h10-11H,5-9,14H2,1-4H3. The van der Waals surface area contributed by atoms with Gasteiger partial charge in [0.15, 0.2) is 5.16 Å². The molecule has 0 saturated carbocycles. The molecular weight excluding hydrogens is 260 g/mol. The Bertz CT molecular complexity index is 366. The first-order chi connectivity index (χ1) is 9.06. The maximum atomic E-state index is 5.67. The van der Waals surface area contributed by atoms with Crippen LogP contribution < -0.4 is 5.73 Å². The SMILES string of the molecule is CC(C)CCOCCSc1nnc(CN)n1C(C)C. The van der Waals surface area contributed by atoms with Gasteiger partial charge >= 0.3 is 0 Å². The van der Waals surface area contributed by atoms with Gasteiger partial charge in [0.1, 0.15) is 5.82 Å². The fourth-order valence-corrected chi connectivity index (χ4v) is 2.61. The highest BCUT2D eigenvalue weighted by molar-refractivity contribution is 7.99. The zero-order valence-electron chi connectivity index (χ0n) is 12.4. The van der Waals surface area contributed by atoms with Crippen molar-refractivity contribution in [3.8, 4) is 0 Å². The van der Waals surface area contributed by atoms with E-state index in [1.807, 2.05) is 0 Å². The van der Waals surface area contributed by atoms with E-state index in [4.69, 9.17) is 10.5 Å². The van der Waals surface area contributed by atoms with E-state index in [0.29, 0.717) is 18.5 Å². The molecule has 0 aliphatic carbocycles. The minimum Gasteiger partial charge on any atom is -0.381 e. The molecule has 0 atom stereocenters. The molecule has 0 saturated heterocycles. The minimum atomic E-state index is 0.331. The van der Waals surface area contributed by atoms with E-state index in [2.05, 4.69) is 42.5 Å². The van der Waals surface area contributed by atoms with Crippen LogP contribution in [0.1, 0.15) is 46.0 Å². The Labute approximate surface area is 120 Å². The Morgan fingerprint density at radius 1 is 1.21 bits per heavy atom. The summed E-state index contributed by atoms with van der Waals surface area (Å²) < 4.78 is 7.69. The molecule has 0 aliphatic rings. The molecule has 0 spiro atoms. The second-order valence-corrected chi connectivity index (χ2v) is 6.27. The number of nitrogens with two attached hydrogens (primary N) is 1. The van der Waals surface area contributed by atoms with Gasteiger partial charge in [-0.15, -0.1) is 10.2 Å². The summed E-state index contributed by atoms with van der Waals surface area (Å²) >= 11 is 1.68. The molecule has 2 N–H and O–H groups in total. The van der Waals surface area contributed by atoms with Gasteiger partial charge in [-0.2, -0.15) is 0 Å². The molecule has 0 aromatic carbocycles. The lowest BCUT2D eigenvalue weighted by Gasteiger charge is -2.12. The van der Waals surface area contributed by atoms with Crippen molar-refractivity contribution in [3.05, 3.63) is 5.82 Å². The van der Waals surface area contributed by atoms with Gasteiger partial charge in [0, 0.05) is 18.4 Å². The number of rotatable bonds is 9. The zero-order chi connectivity index (χ0) is 14.3. The van der Waals surface area contributed by atoms with Gasteiger partial charge in [-0.25, -0.2) is 0 Å². The van der Waals surface area contributed by atoms with Gasteiger partial charge < -0.3 is 15.0 Å². The van der Waals surface area contributed by atoms with Crippen LogP contribution in [0.25, 0.3) is 0 Å². The summed E-state index contributed by atoms with van der Waals surface area (Å²) in [5, 5.41) is 9.25. The summed E-state index contributed by atoms with van der Waals surface area (Å²) in [5.74, 6) is 2.44. The van der Waals surface area contributed by atoms with Crippen LogP contribution in [0, 0.1) is 5.92 Å². The van der Waals surface area contributed by atoms with Gasteiger partial charge in [0.25, 0.3) is 0 Å². The van der Waals surface area contributed by atoms with Crippen LogP contribution in [-0.4, -0.2) is 33.7 Å². The van der Waals surface area contributed by atoms with E-state index >= 15 is 0 Å². The second kappa shape index (κ2) is 8.55. The lowest BCUT2D eigenvalue weighted by atomic mass is 10.1. The molecule has 5 nitrogen and oxygen atoms in total. The lowest BCUT2D eigenvalue weighted by Crippen LogP contribution is -2.11. The summed E-state index contributed by atoms with van der Waals surface area (Å²) in [4.78, 5) is 0. The van der Waals surface area contributed by atoms with E-state index in [0.717, 1.165) is 36.4 Å². The summed E-state index contributed by atoms with van der Waals surface area (Å²) in [5.41, 5.74) is 5.67. The summed E-state index contributed by atoms with van der Waals surface area (Å²) in [6, 6.07) is 0.331.